The summed E-state index contributed by atoms with van der Waals surface area (Å²) in [4.78, 5) is 7.58. The highest BCUT2D eigenvalue weighted by Gasteiger charge is 2.19. The number of hydrogen-bond donors (Lipinski definition) is 0. The monoisotopic (exact) mass is 419 g/mol. The summed E-state index contributed by atoms with van der Waals surface area (Å²) in [5.41, 5.74) is 1.24. The average molecular weight is 419 g/mol. The molecule has 0 fully saturated rings. The zero-order chi connectivity index (χ0) is 20.3. The number of aromatic nitrogens is 1. The van der Waals surface area contributed by atoms with Gasteiger partial charge in [0.05, 0.1) is 23.7 Å². The van der Waals surface area contributed by atoms with Crippen molar-refractivity contribution in [2.75, 3.05) is 11.2 Å². The summed E-state index contributed by atoms with van der Waals surface area (Å²) in [7, 11) is 0. The Bertz CT molecular complexity index is 1010. The maximum Gasteiger partial charge on any atom is 0.266 e. The summed E-state index contributed by atoms with van der Waals surface area (Å²) in [5.74, 6) is -0.924. The van der Waals surface area contributed by atoms with Crippen LogP contribution in [0.4, 0.5) is 24.0 Å². The number of thioether (sulfide) groups is 1. The second-order valence-electron chi connectivity index (χ2n) is 5.96. The van der Waals surface area contributed by atoms with Crippen molar-refractivity contribution >= 4 is 33.9 Å². The van der Waals surface area contributed by atoms with Crippen molar-refractivity contribution in [3.63, 3.8) is 0 Å². The van der Waals surface area contributed by atoms with E-state index in [2.05, 4.69) is 11.1 Å². The van der Waals surface area contributed by atoms with Crippen molar-refractivity contribution in [1.29, 1.82) is 5.26 Å². The van der Waals surface area contributed by atoms with E-state index in [0.29, 0.717) is 16.3 Å². The molecule has 0 aliphatic heterocycles. The molecule has 0 unspecified atom stereocenters. The first kappa shape index (κ1) is 20.2. The van der Waals surface area contributed by atoms with Crippen LogP contribution >= 0.6 is 23.1 Å². The van der Waals surface area contributed by atoms with E-state index in [-0.39, 0.29) is 6.54 Å². The number of thiazole rings is 1. The predicted octanol–water partition coefficient (Wildman–Crippen LogP) is 6.46. The molecule has 1 heterocycles. The number of benzene rings is 2. The van der Waals surface area contributed by atoms with Crippen molar-refractivity contribution in [1.82, 2.24) is 4.98 Å². The molecule has 0 saturated carbocycles. The van der Waals surface area contributed by atoms with Crippen LogP contribution in [-0.2, 0) is 6.54 Å². The highest BCUT2D eigenvalue weighted by molar-refractivity contribution is 7.98. The molecule has 3 nitrogen and oxygen atoms in total. The summed E-state index contributed by atoms with van der Waals surface area (Å²) in [6.07, 6.45) is -0.912. The van der Waals surface area contributed by atoms with Crippen molar-refractivity contribution in [3.8, 4) is 6.07 Å². The first-order valence-electron chi connectivity index (χ1n) is 8.28. The second kappa shape index (κ2) is 8.67. The molecule has 3 aromatic rings. The molecular weight excluding hydrogens is 403 g/mol. The van der Waals surface area contributed by atoms with Gasteiger partial charge in [0.15, 0.2) is 5.13 Å². The van der Waals surface area contributed by atoms with Crippen LogP contribution in [0.1, 0.15) is 28.0 Å². The first-order chi connectivity index (χ1) is 13.4. The fourth-order valence-corrected chi connectivity index (χ4v) is 4.41. The Morgan fingerprint density at radius 3 is 2.46 bits per heavy atom. The standard InChI is InChI=1S/C20H16F3N3S2/c1-12-19(27-2)25-20(28-12)26(15-6-3-13(10-24)4-7-15)11-14-5-8-16(18(22)23)17(21)9-14/h3-9,18H,11H2,1-2H3. The van der Waals surface area contributed by atoms with Crippen LogP contribution in [0.25, 0.3) is 0 Å². The number of nitrogens with zero attached hydrogens (tertiary/aromatic N) is 3. The number of anilines is 2. The lowest BCUT2D eigenvalue weighted by molar-refractivity contribution is 0.146. The van der Waals surface area contributed by atoms with Crippen molar-refractivity contribution in [2.24, 2.45) is 0 Å². The van der Waals surface area contributed by atoms with Crippen LogP contribution < -0.4 is 4.90 Å². The third kappa shape index (κ3) is 4.32. The summed E-state index contributed by atoms with van der Waals surface area (Å²) >= 11 is 3.03. The molecule has 3 rings (SSSR count). The Balaban J connectivity index is 2.00. The van der Waals surface area contributed by atoms with Gasteiger partial charge >= 0.3 is 0 Å². The molecule has 0 spiro atoms. The molecule has 0 radical (unpaired) electrons. The van der Waals surface area contributed by atoms with Gasteiger partial charge in [-0.2, -0.15) is 5.26 Å². The third-order valence-electron chi connectivity index (χ3n) is 4.12. The highest BCUT2D eigenvalue weighted by atomic mass is 32.2. The van der Waals surface area contributed by atoms with Crippen LogP contribution in [0, 0.1) is 24.1 Å². The summed E-state index contributed by atoms with van der Waals surface area (Å²) in [6.45, 7) is 2.23. The fourth-order valence-electron chi connectivity index (χ4n) is 2.69. The van der Waals surface area contributed by atoms with Gasteiger partial charge in [0.1, 0.15) is 10.8 Å². The minimum Gasteiger partial charge on any atom is -0.313 e. The van der Waals surface area contributed by atoms with Gasteiger partial charge in [0.2, 0.25) is 0 Å². The molecule has 0 amide bonds. The predicted molar refractivity (Wildman–Crippen MR) is 107 cm³/mol. The lowest BCUT2D eigenvalue weighted by Gasteiger charge is -2.22. The largest absolute Gasteiger partial charge is 0.313 e. The summed E-state index contributed by atoms with van der Waals surface area (Å²) < 4.78 is 39.7. The Kier molecular flexibility index (Phi) is 6.27. The van der Waals surface area contributed by atoms with Crippen molar-refractivity contribution in [3.05, 3.63) is 69.8 Å². The van der Waals surface area contributed by atoms with E-state index in [0.717, 1.165) is 27.7 Å². The smallest absolute Gasteiger partial charge is 0.266 e. The minimum absolute atomic E-state index is 0.257. The van der Waals surface area contributed by atoms with Crippen LogP contribution in [0.3, 0.4) is 0 Å². The quantitative estimate of drug-likeness (QED) is 0.430. The molecule has 8 heteroatoms. The van der Waals surface area contributed by atoms with E-state index in [4.69, 9.17) is 5.26 Å². The minimum atomic E-state index is -2.85. The first-order valence-corrected chi connectivity index (χ1v) is 10.3. The average Bonchev–Trinajstić information content (AvgIpc) is 3.06. The molecule has 0 aliphatic carbocycles. The van der Waals surface area contributed by atoms with Gasteiger partial charge in [-0.1, -0.05) is 12.1 Å². The molecule has 0 atom stereocenters. The molecule has 0 bridgehead atoms. The van der Waals surface area contributed by atoms with E-state index in [9.17, 15) is 13.2 Å². The number of hydrogen-bond acceptors (Lipinski definition) is 5. The fraction of sp³-hybridized carbons (Fsp3) is 0.200. The van der Waals surface area contributed by atoms with E-state index < -0.39 is 17.8 Å². The van der Waals surface area contributed by atoms with Gasteiger partial charge in [0, 0.05) is 10.6 Å². The van der Waals surface area contributed by atoms with Crippen molar-refractivity contribution < 1.29 is 13.2 Å². The van der Waals surface area contributed by atoms with Crippen LogP contribution in [0.2, 0.25) is 0 Å². The Morgan fingerprint density at radius 2 is 1.93 bits per heavy atom. The Labute approximate surface area is 169 Å². The molecular formula is C20H16F3N3S2. The van der Waals surface area contributed by atoms with Gasteiger partial charge in [-0.3, -0.25) is 0 Å². The van der Waals surface area contributed by atoms with Crippen LogP contribution in [0.15, 0.2) is 47.5 Å². The van der Waals surface area contributed by atoms with Crippen molar-refractivity contribution in [2.45, 2.75) is 24.9 Å². The van der Waals surface area contributed by atoms with Crippen LogP contribution in [0.5, 0.6) is 0 Å². The van der Waals surface area contributed by atoms with Gasteiger partial charge in [-0.25, -0.2) is 18.2 Å². The number of nitriles is 1. The molecule has 0 aliphatic rings. The maximum atomic E-state index is 14.0. The lowest BCUT2D eigenvalue weighted by Crippen LogP contribution is -2.16. The molecule has 0 N–H and O–H groups in total. The zero-order valence-electron chi connectivity index (χ0n) is 15.1. The SMILES string of the molecule is CSc1nc(N(Cc2ccc(C(F)F)c(F)c2)c2ccc(C#N)cc2)sc1C. The highest BCUT2D eigenvalue weighted by Crippen LogP contribution is 2.36. The molecule has 1 aromatic heterocycles. The Morgan fingerprint density at radius 1 is 1.21 bits per heavy atom. The van der Waals surface area contributed by atoms with Gasteiger partial charge in [-0.05, 0) is 49.1 Å². The van der Waals surface area contributed by atoms with E-state index >= 15 is 0 Å². The number of alkyl halides is 2. The molecule has 28 heavy (non-hydrogen) atoms. The molecule has 2 aromatic carbocycles. The zero-order valence-corrected chi connectivity index (χ0v) is 16.8. The second-order valence-corrected chi connectivity index (χ2v) is 7.94. The normalized spacial score (nSPS) is 10.9. The lowest BCUT2D eigenvalue weighted by atomic mass is 10.1. The molecule has 0 saturated heterocycles. The summed E-state index contributed by atoms with van der Waals surface area (Å²) in [5, 5.41) is 10.6. The maximum absolute atomic E-state index is 14.0. The molecule has 144 valence electrons. The number of aryl methyl sites for hydroxylation is 1. The van der Waals surface area contributed by atoms with E-state index in [1.165, 1.54) is 29.2 Å². The van der Waals surface area contributed by atoms with E-state index in [1.807, 2.05) is 18.1 Å². The topological polar surface area (TPSA) is 39.9 Å². The summed E-state index contributed by atoms with van der Waals surface area (Å²) in [6, 6.07) is 12.8. The Hall–Kier alpha value is -2.50. The number of halogens is 3. The van der Waals surface area contributed by atoms with Crippen LogP contribution in [-0.4, -0.2) is 11.2 Å². The number of rotatable bonds is 6. The van der Waals surface area contributed by atoms with E-state index in [1.54, 1.807) is 24.3 Å². The van der Waals surface area contributed by atoms with Gasteiger partial charge < -0.3 is 4.90 Å². The third-order valence-corrected chi connectivity index (χ3v) is 6.02. The van der Waals surface area contributed by atoms with Gasteiger partial charge in [-0.15, -0.1) is 23.1 Å². The van der Waals surface area contributed by atoms with Gasteiger partial charge in [0.25, 0.3) is 6.43 Å².